The molecule has 0 unspecified atom stereocenters. The Morgan fingerprint density at radius 2 is 2.10 bits per heavy atom. The van der Waals surface area contributed by atoms with E-state index in [1.165, 1.54) is 11.8 Å². The van der Waals surface area contributed by atoms with Crippen LogP contribution < -0.4 is 4.74 Å². The van der Waals surface area contributed by atoms with E-state index in [4.69, 9.17) is 4.74 Å². The van der Waals surface area contributed by atoms with E-state index in [1.807, 2.05) is 48.6 Å². The summed E-state index contributed by atoms with van der Waals surface area (Å²) >= 11 is 1.28. The summed E-state index contributed by atoms with van der Waals surface area (Å²) in [4.78, 5) is 15.0. The van der Waals surface area contributed by atoms with E-state index in [-0.39, 0.29) is 5.12 Å². The van der Waals surface area contributed by atoms with Crippen LogP contribution >= 0.6 is 11.8 Å². The molecule has 0 fully saturated rings. The zero-order valence-electron chi connectivity index (χ0n) is 11.9. The van der Waals surface area contributed by atoms with Gasteiger partial charge in [0.15, 0.2) is 5.12 Å². The molecule has 3 nitrogen and oxygen atoms in total. The molecule has 0 spiro atoms. The van der Waals surface area contributed by atoms with Gasteiger partial charge in [-0.2, -0.15) is 0 Å². The Balaban J connectivity index is 1.90. The summed E-state index contributed by atoms with van der Waals surface area (Å²) < 4.78 is 5.72. The third kappa shape index (κ3) is 5.83. The number of hydrogen-bond acceptors (Lipinski definition) is 4. The van der Waals surface area contributed by atoms with Crippen LogP contribution in [0.1, 0.15) is 18.1 Å². The highest BCUT2D eigenvalue weighted by Crippen LogP contribution is 2.15. The Hall–Kier alpha value is -2.07. The fraction of sp³-hybridized carbons (Fsp3) is 0.176. The van der Waals surface area contributed by atoms with Crippen LogP contribution in [0.2, 0.25) is 0 Å². The molecule has 0 aliphatic rings. The quantitative estimate of drug-likeness (QED) is 0.809. The molecule has 0 aliphatic heterocycles. The number of carbonyl (C=O) groups is 1. The van der Waals surface area contributed by atoms with Crippen LogP contribution in [-0.2, 0) is 11.4 Å². The van der Waals surface area contributed by atoms with Crippen molar-refractivity contribution in [3.8, 4) is 5.75 Å². The minimum absolute atomic E-state index is 0.123. The summed E-state index contributed by atoms with van der Waals surface area (Å²) in [5.74, 6) is 1.41. The van der Waals surface area contributed by atoms with E-state index in [0.717, 1.165) is 16.9 Å². The summed E-state index contributed by atoms with van der Waals surface area (Å²) in [5, 5.41) is 0.123. The molecule has 108 valence electrons. The third-order valence-corrected chi connectivity index (χ3v) is 3.44. The Labute approximate surface area is 129 Å². The molecule has 1 aromatic carbocycles. The van der Waals surface area contributed by atoms with Gasteiger partial charge < -0.3 is 4.74 Å². The second-order valence-electron chi connectivity index (χ2n) is 4.43. The number of hydrogen-bond donors (Lipinski definition) is 0. The van der Waals surface area contributed by atoms with Gasteiger partial charge >= 0.3 is 0 Å². The maximum absolute atomic E-state index is 10.8. The van der Waals surface area contributed by atoms with Crippen molar-refractivity contribution in [2.75, 3.05) is 5.75 Å². The third-order valence-electron chi connectivity index (χ3n) is 2.68. The van der Waals surface area contributed by atoms with Crippen molar-refractivity contribution in [1.82, 2.24) is 4.98 Å². The number of thioether (sulfide) groups is 1. The van der Waals surface area contributed by atoms with E-state index in [0.29, 0.717) is 12.4 Å². The smallest absolute Gasteiger partial charge is 0.186 e. The zero-order valence-corrected chi connectivity index (χ0v) is 12.7. The lowest BCUT2D eigenvalue weighted by molar-refractivity contribution is -0.109. The maximum Gasteiger partial charge on any atom is 0.186 e. The summed E-state index contributed by atoms with van der Waals surface area (Å²) in [6.45, 7) is 2.09. The van der Waals surface area contributed by atoms with Gasteiger partial charge in [0.25, 0.3) is 0 Å². The number of nitrogens with zero attached hydrogens (tertiary/aromatic N) is 1. The molecule has 1 heterocycles. The molecule has 4 heteroatoms. The molecule has 21 heavy (non-hydrogen) atoms. The minimum Gasteiger partial charge on any atom is -0.487 e. The van der Waals surface area contributed by atoms with Crippen LogP contribution in [0.4, 0.5) is 0 Å². The lowest BCUT2D eigenvalue weighted by atomic mass is 10.2. The van der Waals surface area contributed by atoms with Crippen LogP contribution in [-0.4, -0.2) is 15.9 Å². The molecule has 0 atom stereocenters. The number of aromatic nitrogens is 1. The standard InChI is InChI=1S/C17H17NO2S/c1-14(19)21-9-5-8-16-10-17(12-18-11-16)20-13-15-6-3-2-4-7-15/h2-8,10-12H,9,13H2,1H3. The molecule has 0 bridgehead atoms. The molecule has 0 saturated heterocycles. The first-order valence-electron chi connectivity index (χ1n) is 6.66. The Morgan fingerprint density at radius 1 is 1.29 bits per heavy atom. The van der Waals surface area contributed by atoms with Crippen LogP contribution in [0.25, 0.3) is 6.08 Å². The minimum atomic E-state index is 0.123. The van der Waals surface area contributed by atoms with E-state index in [2.05, 4.69) is 4.98 Å². The van der Waals surface area contributed by atoms with Gasteiger partial charge in [-0.15, -0.1) is 0 Å². The van der Waals surface area contributed by atoms with Crippen molar-refractivity contribution in [1.29, 1.82) is 0 Å². The number of carbonyl (C=O) groups excluding carboxylic acids is 1. The Kier molecular flexibility index (Phi) is 6.03. The highest BCUT2D eigenvalue weighted by atomic mass is 32.2. The lowest BCUT2D eigenvalue weighted by Crippen LogP contribution is -1.95. The largest absolute Gasteiger partial charge is 0.487 e. The molecule has 1 aromatic heterocycles. The van der Waals surface area contributed by atoms with Crippen LogP contribution in [0.5, 0.6) is 5.75 Å². The fourth-order valence-corrected chi connectivity index (χ4v) is 2.12. The van der Waals surface area contributed by atoms with Crippen molar-refractivity contribution in [3.05, 3.63) is 66.0 Å². The van der Waals surface area contributed by atoms with Gasteiger partial charge in [-0.1, -0.05) is 54.2 Å². The van der Waals surface area contributed by atoms with Gasteiger partial charge in [-0.05, 0) is 17.2 Å². The van der Waals surface area contributed by atoms with E-state index >= 15 is 0 Å². The van der Waals surface area contributed by atoms with Gasteiger partial charge in [-0.3, -0.25) is 9.78 Å². The average Bonchev–Trinajstić information content (AvgIpc) is 2.51. The first kappa shape index (κ1) is 15.3. The van der Waals surface area contributed by atoms with E-state index in [1.54, 1.807) is 19.3 Å². The first-order valence-corrected chi connectivity index (χ1v) is 7.64. The predicted molar refractivity (Wildman–Crippen MR) is 87.2 cm³/mol. The topological polar surface area (TPSA) is 39.2 Å². The van der Waals surface area contributed by atoms with Gasteiger partial charge in [0, 0.05) is 18.9 Å². The zero-order chi connectivity index (χ0) is 14.9. The van der Waals surface area contributed by atoms with Gasteiger partial charge in [0.05, 0.1) is 6.20 Å². The van der Waals surface area contributed by atoms with E-state index < -0.39 is 0 Å². The normalized spacial score (nSPS) is 10.7. The second-order valence-corrected chi connectivity index (χ2v) is 5.63. The molecule has 0 N–H and O–H groups in total. The molecule has 2 rings (SSSR count). The molecule has 0 amide bonds. The highest BCUT2D eigenvalue weighted by molar-refractivity contribution is 8.13. The average molecular weight is 299 g/mol. The van der Waals surface area contributed by atoms with Crippen molar-refractivity contribution in [2.45, 2.75) is 13.5 Å². The van der Waals surface area contributed by atoms with E-state index in [9.17, 15) is 4.79 Å². The number of ether oxygens (including phenoxy) is 1. The predicted octanol–water partition coefficient (Wildman–Crippen LogP) is 3.95. The molecule has 2 aromatic rings. The van der Waals surface area contributed by atoms with Crippen LogP contribution in [0, 0.1) is 0 Å². The molecule has 0 saturated carbocycles. The van der Waals surface area contributed by atoms with Gasteiger partial charge in [0.2, 0.25) is 0 Å². The maximum atomic E-state index is 10.8. The monoisotopic (exact) mass is 299 g/mol. The van der Waals surface area contributed by atoms with Gasteiger partial charge in [-0.25, -0.2) is 0 Å². The summed E-state index contributed by atoms with van der Waals surface area (Å²) in [7, 11) is 0. The lowest BCUT2D eigenvalue weighted by Gasteiger charge is -2.06. The summed E-state index contributed by atoms with van der Waals surface area (Å²) in [6.07, 6.45) is 7.36. The molecular weight excluding hydrogens is 282 g/mol. The number of pyridine rings is 1. The number of benzene rings is 1. The van der Waals surface area contributed by atoms with Gasteiger partial charge in [0.1, 0.15) is 12.4 Å². The van der Waals surface area contributed by atoms with Crippen LogP contribution in [0.3, 0.4) is 0 Å². The molecular formula is C17H17NO2S. The van der Waals surface area contributed by atoms with Crippen LogP contribution in [0.15, 0.2) is 54.9 Å². The molecule has 0 radical (unpaired) electrons. The van der Waals surface area contributed by atoms with Crippen molar-refractivity contribution < 1.29 is 9.53 Å². The Morgan fingerprint density at radius 3 is 2.86 bits per heavy atom. The van der Waals surface area contributed by atoms with Crippen molar-refractivity contribution in [2.24, 2.45) is 0 Å². The molecule has 0 aliphatic carbocycles. The number of rotatable bonds is 6. The van der Waals surface area contributed by atoms with Crippen molar-refractivity contribution in [3.63, 3.8) is 0 Å². The highest BCUT2D eigenvalue weighted by Gasteiger charge is 1.97. The SMILES string of the molecule is CC(=O)SCC=Cc1cncc(OCc2ccccc2)c1. The summed E-state index contributed by atoms with van der Waals surface area (Å²) in [6, 6.07) is 11.9. The second kappa shape index (κ2) is 8.27. The fourth-order valence-electron chi connectivity index (χ4n) is 1.70. The summed E-state index contributed by atoms with van der Waals surface area (Å²) in [5.41, 5.74) is 2.08. The first-order chi connectivity index (χ1) is 10.2. The van der Waals surface area contributed by atoms with Crippen molar-refractivity contribution >= 4 is 23.0 Å². The Bertz CT molecular complexity index is 611.